The Kier molecular flexibility index (Phi) is 5.84. The van der Waals surface area contributed by atoms with E-state index in [1.54, 1.807) is 0 Å². The molecule has 0 atom stereocenters. The zero-order valence-electron chi connectivity index (χ0n) is 18.3. The fourth-order valence-corrected chi connectivity index (χ4v) is 4.03. The summed E-state index contributed by atoms with van der Waals surface area (Å²) in [5, 5.41) is 13.9. The number of hydrogen-bond acceptors (Lipinski definition) is 5. The Balaban J connectivity index is 1.57. The van der Waals surface area contributed by atoms with Crippen molar-refractivity contribution >= 4 is 11.9 Å². The van der Waals surface area contributed by atoms with E-state index in [0.29, 0.717) is 12.5 Å². The van der Waals surface area contributed by atoms with Crippen LogP contribution in [0.3, 0.4) is 0 Å². The number of nitrogens with zero attached hydrogens (tertiary/aromatic N) is 4. The molecule has 1 aliphatic carbocycles. The molecule has 2 aromatic carbocycles. The predicted molar refractivity (Wildman–Crippen MR) is 123 cm³/mol. The van der Waals surface area contributed by atoms with Crippen molar-refractivity contribution in [2.24, 2.45) is 10.4 Å². The molecule has 3 aromatic rings. The molecule has 31 heavy (non-hydrogen) atoms. The van der Waals surface area contributed by atoms with Crippen molar-refractivity contribution in [3.63, 3.8) is 0 Å². The van der Waals surface area contributed by atoms with Crippen molar-refractivity contribution in [2.45, 2.75) is 46.1 Å². The van der Waals surface area contributed by atoms with Crippen LogP contribution in [0.15, 0.2) is 46.8 Å². The summed E-state index contributed by atoms with van der Waals surface area (Å²) in [7, 11) is 1.95. The first kappa shape index (κ1) is 20.8. The highest BCUT2D eigenvalue weighted by Gasteiger charge is 2.27. The molecule has 160 valence electrons. The minimum absolute atomic E-state index is 0.530. The fourth-order valence-electron chi connectivity index (χ4n) is 4.03. The second kappa shape index (κ2) is 8.71. The van der Waals surface area contributed by atoms with Gasteiger partial charge >= 0.3 is 0 Å². The zero-order valence-corrected chi connectivity index (χ0v) is 18.3. The van der Waals surface area contributed by atoms with E-state index in [-0.39, 0.29) is 0 Å². The number of nitroso groups, excluding NO2 is 1. The SMILES string of the molecule is CNc1cccc(C2CC2)c1COc1ccc(-n2nc(C)c(/C=N/N=O)c2C)cc1C. The summed E-state index contributed by atoms with van der Waals surface area (Å²) < 4.78 is 8.10. The number of hydrogen-bond donors (Lipinski definition) is 1. The Morgan fingerprint density at radius 3 is 2.71 bits per heavy atom. The van der Waals surface area contributed by atoms with Crippen LogP contribution in [-0.4, -0.2) is 23.0 Å². The molecule has 1 heterocycles. The van der Waals surface area contributed by atoms with Crippen molar-refractivity contribution < 1.29 is 4.74 Å². The van der Waals surface area contributed by atoms with Crippen LogP contribution in [0.25, 0.3) is 5.69 Å². The molecule has 1 saturated carbocycles. The molecular formula is C24H27N5O2. The lowest BCUT2D eigenvalue weighted by Gasteiger charge is -2.17. The van der Waals surface area contributed by atoms with Gasteiger partial charge in [0.2, 0.25) is 0 Å². The smallest absolute Gasteiger partial charge is 0.122 e. The fraction of sp³-hybridized carbons (Fsp3) is 0.333. The maximum atomic E-state index is 10.3. The molecule has 0 unspecified atom stereocenters. The molecule has 0 amide bonds. The Hall–Kier alpha value is -3.48. The second-order valence-electron chi connectivity index (χ2n) is 7.96. The first-order valence-corrected chi connectivity index (χ1v) is 10.5. The third-order valence-electron chi connectivity index (χ3n) is 5.86. The van der Waals surface area contributed by atoms with Gasteiger partial charge in [0.25, 0.3) is 0 Å². The Labute approximate surface area is 182 Å². The average molecular weight is 418 g/mol. The van der Waals surface area contributed by atoms with E-state index in [9.17, 15) is 4.91 Å². The third kappa shape index (κ3) is 4.21. The summed E-state index contributed by atoms with van der Waals surface area (Å²) in [6, 6.07) is 12.5. The molecule has 0 radical (unpaired) electrons. The maximum Gasteiger partial charge on any atom is 0.122 e. The molecule has 7 heteroatoms. The Morgan fingerprint density at radius 2 is 2.03 bits per heavy atom. The van der Waals surface area contributed by atoms with Crippen molar-refractivity contribution in [1.82, 2.24) is 9.78 Å². The molecule has 1 aromatic heterocycles. The molecule has 0 spiro atoms. The van der Waals surface area contributed by atoms with E-state index in [1.807, 2.05) is 44.6 Å². The number of ether oxygens (including phenoxy) is 1. The molecule has 0 saturated heterocycles. The molecule has 0 aliphatic heterocycles. The van der Waals surface area contributed by atoms with Crippen LogP contribution >= 0.6 is 0 Å². The van der Waals surface area contributed by atoms with Crippen LogP contribution < -0.4 is 10.1 Å². The van der Waals surface area contributed by atoms with E-state index in [0.717, 1.165) is 39.6 Å². The maximum absolute atomic E-state index is 10.3. The highest BCUT2D eigenvalue weighted by atomic mass is 16.5. The summed E-state index contributed by atoms with van der Waals surface area (Å²) in [5.74, 6) is 1.51. The average Bonchev–Trinajstić information content (AvgIpc) is 3.57. The zero-order chi connectivity index (χ0) is 22.0. The second-order valence-corrected chi connectivity index (χ2v) is 7.96. The monoisotopic (exact) mass is 417 g/mol. The molecule has 4 rings (SSSR count). The molecule has 0 bridgehead atoms. The van der Waals surface area contributed by atoms with Gasteiger partial charge in [0.05, 0.1) is 28.6 Å². The third-order valence-corrected chi connectivity index (χ3v) is 5.86. The van der Waals surface area contributed by atoms with Crippen LogP contribution in [0.5, 0.6) is 5.75 Å². The van der Waals surface area contributed by atoms with E-state index < -0.39 is 0 Å². The van der Waals surface area contributed by atoms with Crippen molar-refractivity contribution in [3.8, 4) is 11.4 Å². The summed E-state index contributed by atoms with van der Waals surface area (Å²) in [4.78, 5) is 10.3. The van der Waals surface area contributed by atoms with E-state index in [1.165, 1.54) is 30.2 Å². The summed E-state index contributed by atoms with van der Waals surface area (Å²) >= 11 is 0. The van der Waals surface area contributed by atoms with Crippen LogP contribution in [-0.2, 0) is 6.61 Å². The topological polar surface area (TPSA) is 80.9 Å². The summed E-state index contributed by atoms with van der Waals surface area (Å²) in [6.45, 7) is 6.40. The van der Waals surface area contributed by atoms with Crippen molar-refractivity contribution in [2.75, 3.05) is 12.4 Å². The first-order chi connectivity index (χ1) is 15.0. The molecule has 7 nitrogen and oxygen atoms in total. The number of aryl methyl sites for hydroxylation is 2. The van der Waals surface area contributed by atoms with Crippen LogP contribution in [0.1, 0.15) is 52.4 Å². The molecule has 1 aliphatic rings. The molecule has 1 fully saturated rings. The van der Waals surface area contributed by atoms with E-state index >= 15 is 0 Å². The van der Waals surface area contributed by atoms with Crippen LogP contribution in [0, 0.1) is 25.7 Å². The standard InChI is InChI=1S/C24H27N5O2/c1-15-12-19(29-17(3)21(13-26-28-30)16(2)27-29)10-11-24(15)31-14-22-20(18-8-9-18)6-5-7-23(22)25-4/h5-7,10-13,18,25H,8-9,14H2,1-4H3/b26-13+. The summed E-state index contributed by atoms with van der Waals surface area (Å²) in [5.41, 5.74) is 8.21. The van der Waals surface area contributed by atoms with Gasteiger partial charge in [-0.05, 0) is 74.9 Å². The van der Waals surface area contributed by atoms with Crippen LogP contribution in [0.4, 0.5) is 5.69 Å². The van der Waals surface area contributed by atoms with Gasteiger partial charge in [0.1, 0.15) is 12.4 Å². The van der Waals surface area contributed by atoms with Gasteiger partial charge in [-0.3, -0.25) is 0 Å². The lowest BCUT2D eigenvalue weighted by atomic mass is 10.0. The van der Waals surface area contributed by atoms with Gasteiger partial charge in [-0.25, -0.2) is 4.68 Å². The molecule has 1 N–H and O–H groups in total. The number of nitrogens with one attached hydrogen (secondary N) is 1. The predicted octanol–water partition coefficient (Wildman–Crippen LogP) is 5.40. The summed E-state index contributed by atoms with van der Waals surface area (Å²) in [6.07, 6.45) is 3.96. The largest absolute Gasteiger partial charge is 0.489 e. The number of benzene rings is 2. The normalized spacial score (nSPS) is 13.5. The number of rotatable bonds is 8. The lowest BCUT2D eigenvalue weighted by molar-refractivity contribution is 0.303. The van der Waals surface area contributed by atoms with Crippen molar-refractivity contribution in [1.29, 1.82) is 0 Å². The number of anilines is 1. The minimum atomic E-state index is 0.530. The quantitative estimate of drug-likeness (QED) is 0.302. The Bertz CT molecular complexity index is 1150. The van der Waals surface area contributed by atoms with E-state index in [4.69, 9.17) is 4.74 Å². The van der Waals surface area contributed by atoms with Gasteiger partial charge < -0.3 is 10.1 Å². The van der Waals surface area contributed by atoms with Gasteiger partial charge in [0.15, 0.2) is 0 Å². The van der Waals surface area contributed by atoms with Gasteiger partial charge in [-0.2, -0.15) is 5.10 Å². The van der Waals surface area contributed by atoms with Gasteiger partial charge in [-0.1, -0.05) is 12.1 Å². The lowest BCUT2D eigenvalue weighted by Crippen LogP contribution is -2.06. The first-order valence-electron chi connectivity index (χ1n) is 10.5. The highest BCUT2D eigenvalue weighted by Crippen LogP contribution is 2.43. The Morgan fingerprint density at radius 1 is 1.23 bits per heavy atom. The van der Waals surface area contributed by atoms with Gasteiger partial charge in [0, 0.05) is 23.9 Å². The molecular weight excluding hydrogens is 390 g/mol. The van der Waals surface area contributed by atoms with Crippen LogP contribution in [0.2, 0.25) is 0 Å². The minimum Gasteiger partial charge on any atom is -0.489 e. The van der Waals surface area contributed by atoms with E-state index in [2.05, 4.69) is 45.1 Å². The number of aromatic nitrogens is 2. The highest BCUT2D eigenvalue weighted by molar-refractivity contribution is 5.82. The van der Waals surface area contributed by atoms with Gasteiger partial charge in [-0.15, -0.1) is 10.0 Å². The van der Waals surface area contributed by atoms with Crippen molar-refractivity contribution in [3.05, 3.63) is 74.9 Å².